The highest BCUT2D eigenvalue weighted by molar-refractivity contribution is 5.87. The van der Waals surface area contributed by atoms with Gasteiger partial charge in [0.1, 0.15) is 6.61 Å². The molecule has 0 bridgehead atoms. The predicted molar refractivity (Wildman–Crippen MR) is 83.8 cm³/mol. The number of hydrogen-bond acceptors (Lipinski definition) is 3. The lowest BCUT2D eigenvalue weighted by Gasteiger charge is -2.23. The molecule has 1 aromatic rings. The maximum absolute atomic E-state index is 11.8. The largest absolute Gasteiger partial charge is 0.461 e. The molecule has 2 aliphatic rings. The molecule has 3 heteroatoms. The summed E-state index contributed by atoms with van der Waals surface area (Å²) in [6, 6.07) is 10.2. The number of carbonyl (C=O) groups is 1. The van der Waals surface area contributed by atoms with Crippen molar-refractivity contribution >= 4 is 12.0 Å². The highest BCUT2D eigenvalue weighted by atomic mass is 16.5. The van der Waals surface area contributed by atoms with E-state index in [1.807, 2.05) is 30.3 Å². The van der Waals surface area contributed by atoms with E-state index in [1.54, 1.807) is 6.08 Å². The molecule has 1 aromatic carbocycles. The first-order valence-corrected chi connectivity index (χ1v) is 7.95. The zero-order valence-corrected chi connectivity index (χ0v) is 12.4. The van der Waals surface area contributed by atoms with Gasteiger partial charge in [-0.05, 0) is 49.8 Å². The molecule has 1 aliphatic carbocycles. The Morgan fingerprint density at radius 1 is 1.24 bits per heavy atom. The molecule has 0 radical (unpaired) electrons. The van der Waals surface area contributed by atoms with Crippen LogP contribution in [0, 0.1) is 5.92 Å². The lowest BCUT2D eigenvalue weighted by atomic mass is 10.2. The third-order valence-corrected chi connectivity index (χ3v) is 4.32. The van der Waals surface area contributed by atoms with E-state index in [2.05, 4.69) is 4.90 Å². The number of carbonyl (C=O) groups excluding carboxylic acids is 1. The average Bonchev–Trinajstić information content (AvgIpc) is 3.22. The SMILES string of the molecule is O=C(C=Cc1ccccc1)OCC1CCCN1CC1CC1. The zero-order chi connectivity index (χ0) is 14.5. The Morgan fingerprint density at radius 3 is 2.81 bits per heavy atom. The Kier molecular flexibility index (Phi) is 4.71. The fourth-order valence-corrected chi connectivity index (χ4v) is 2.91. The second-order valence-electron chi connectivity index (χ2n) is 6.11. The molecule has 1 unspecified atom stereocenters. The number of benzene rings is 1. The molecule has 1 atom stereocenters. The molecule has 1 heterocycles. The van der Waals surface area contributed by atoms with Crippen molar-refractivity contribution in [2.75, 3.05) is 19.7 Å². The van der Waals surface area contributed by atoms with Crippen molar-refractivity contribution in [2.45, 2.75) is 31.7 Å². The van der Waals surface area contributed by atoms with Crippen molar-refractivity contribution in [2.24, 2.45) is 5.92 Å². The van der Waals surface area contributed by atoms with Gasteiger partial charge in [0.15, 0.2) is 0 Å². The molecule has 1 saturated heterocycles. The Bertz CT molecular complexity index is 493. The summed E-state index contributed by atoms with van der Waals surface area (Å²) in [5.41, 5.74) is 1.02. The summed E-state index contributed by atoms with van der Waals surface area (Å²) in [5, 5.41) is 0. The minimum Gasteiger partial charge on any atom is -0.461 e. The molecule has 1 saturated carbocycles. The van der Waals surface area contributed by atoms with Crippen molar-refractivity contribution in [1.82, 2.24) is 4.90 Å². The van der Waals surface area contributed by atoms with Crippen molar-refractivity contribution < 1.29 is 9.53 Å². The summed E-state index contributed by atoms with van der Waals surface area (Å²) in [7, 11) is 0. The first kappa shape index (κ1) is 14.3. The van der Waals surface area contributed by atoms with Crippen molar-refractivity contribution in [3.8, 4) is 0 Å². The fraction of sp³-hybridized carbons (Fsp3) is 0.500. The van der Waals surface area contributed by atoms with Gasteiger partial charge in [-0.25, -0.2) is 4.79 Å². The number of hydrogen-bond donors (Lipinski definition) is 0. The van der Waals surface area contributed by atoms with Gasteiger partial charge in [0, 0.05) is 18.7 Å². The zero-order valence-electron chi connectivity index (χ0n) is 12.4. The Hall–Kier alpha value is -1.61. The third-order valence-electron chi connectivity index (χ3n) is 4.32. The minimum absolute atomic E-state index is 0.239. The van der Waals surface area contributed by atoms with Gasteiger partial charge >= 0.3 is 5.97 Å². The van der Waals surface area contributed by atoms with Gasteiger partial charge in [0.25, 0.3) is 0 Å². The van der Waals surface area contributed by atoms with E-state index in [9.17, 15) is 4.79 Å². The molecule has 3 nitrogen and oxygen atoms in total. The van der Waals surface area contributed by atoms with E-state index in [0.717, 1.165) is 17.9 Å². The van der Waals surface area contributed by atoms with Crippen LogP contribution in [0.15, 0.2) is 36.4 Å². The van der Waals surface area contributed by atoms with E-state index < -0.39 is 0 Å². The monoisotopic (exact) mass is 285 g/mol. The molecule has 0 N–H and O–H groups in total. The number of likely N-dealkylation sites (tertiary alicyclic amines) is 1. The molecule has 21 heavy (non-hydrogen) atoms. The summed E-state index contributed by atoms with van der Waals surface area (Å²) >= 11 is 0. The molecular formula is C18H23NO2. The Morgan fingerprint density at radius 2 is 2.05 bits per heavy atom. The summed E-state index contributed by atoms with van der Waals surface area (Å²) in [5.74, 6) is 0.663. The topological polar surface area (TPSA) is 29.5 Å². The second-order valence-corrected chi connectivity index (χ2v) is 6.11. The van der Waals surface area contributed by atoms with E-state index in [-0.39, 0.29) is 5.97 Å². The van der Waals surface area contributed by atoms with Crippen LogP contribution in [0.5, 0.6) is 0 Å². The highest BCUT2D eigenvalue weighted by Crippen LogP contribution is 2.32. The normalized spacial score (nSPS) is 22.8. The second kappa shape index (κ2) is 6.90. The quantitative estimate of drug-likeness (QED) is 0.594. The van der Waals surface area contributed by atoms with Crippen LogP contribution in [0.3, 0.4) is 0 Å². The van der Waals surface area contributed by atoms with E-state index in [1.165, 1.54) is 38.4 Å². The lowest BCUT2D eigenvalue weighted by molar-refractivity contribution is -0.139. The van der Waals surface area contributed by atoms with Gasteiger partial charge < -0.3 is 4.74 Å². The summed E-state index contributed by atoms with van der Waals surface area (Å²) in [6.45, 7) is 2.89. The number of esters is 1. The summed E-state index contributed by atoms with van der Waals surface area (Å²) < 4.78 is 5.41. The molecule has 2 fully saturated rings. The predicted octanol–water partition coefficient (Wildman–Crippen LogP) is 3.12. The van der Waals surface area contributed by atoms with Gasteiger partial charge in [0.05, 0.1) is 0 Å². The molecule has 112 valence electrons. The van der Waals surface area contributed by atoms with Gasteiger partial charge in [-0.2, -0.15) is 0 Å². The van der Waals surface area contributed by atoms with Crippen LogP contribution in [0.1, 0.15) is 31.2 Å². The Labute approximate surface area is 126 Å². The molecule has 1 aliphatic heterocycles. The molecule has 0 amide bonds. The maximum atomic E-state index is 11.8. The van der Waals surface area contributed by atoms with Crippen LogP contribution in [-0.4, -0.2) is 36.6 Å². The maximum Gasteiger partial charge on any atom is 0.330 e. The van der Waals surface area contributed by atoms with Crippen molar-refractivity contribution in [3.05, 3.63) is 42.0 Å². The van der Waals surface area contributed by atoms with Crippen molar-refractivity contribution in [1.29, 1.82) is 0 Å². The third kappa shape index (κ3) is 4.43. The van der Waals surface area contributed by atoms with Gasteiger partial charge in [-0.1, -0.05) is 30.3 Å². The standard InChI is InChI=1S/C18H23NO2/c20-18(11-10-15-5-2-1-3-6-15)21-14-17-7-4-12-19(17)13-16-8-9-16/h1-3,5-6,10-11,16-17H,4,7-9,12-14H2. The fourth-order valence-electron chi connectivity index (χ4n) is 2.91. The van der Waals surface area contributed by atoms with E-state index in [0.29, 0.717) is 12.6 Å². The first-order valence-electron chi connectivity index (χ1n) is 7.95. The number of nitrogens with zero attached hydrogens (tertiary/aromatic N) is 1. The van der Waals surface area contributed by atoms with E-state index >= 15 is 0 Å². The van der Waals surface area contributed by atoms with Crippen LogP contribution < -0.4 is 0 Å². The number of rotatable bonds is 6. The van der Waals surface area contributed by atoms with Gasteiger partial charge in [-0.3, -0.25) is 4.90 Å². The minimum atomic E-state index is -0.239. The van der Waals surface area contributed by atoms with Crippen LogP contribution in [0.2, 0.25) is 0 Å². The summed E-state index contributed by atoms with van der Waals surface area (Å²) in [6.07, 6.45) is 8.47. The molecule has 0 spiro atoms. The number of ether oxygens (including phenoxy) is 1. The molecule has 0 aromatic heterocycles. The summed E-state index contributed by atoms with van der Waals surface area (Å²) in [4.78, 5) is 14.3. The first-order chi connectivity index (χ1) is 10.3. The Balaban J connectivity index is 1.43. The van der Waals surface area contributed by atoms with Crippen LogP contribution in [0.4, 0.5) is 0 Å². The van der Waals surface area contributed by atoms with Gasteiger partial charge in [-0.15, -0.1) is 0 Å². The van der Waals surface area contributed by atoms with Crippen LogP contribution in [0.25, 0.3) is 6.08 Å². The highest BCUT2D eigenvalue weighted by Gasteiger charge is 2.31. The van der Waals surface area contributed by atoms with Gasteiger partial charge in [0.2, 0.25) is 0 Å². The lowest BCUT2D eigenvalue weighted by Crippen LogP contribution is -2.35. The molecular weight excluding hydrogens is 262 g/mol. The van der Waals surface area contributed by atoms with Crippen molar-refractivity contribution in [3.63, 3.8) is 0 Å². The van der Waals surface area contributed by atoms with E-state index in [4.69, 9.17) is 4.74 Å². The van der Waals surface area contributed by atoms with Crippen LogP contribution in [-0.2, 0) is 9.53 Å². The average molecular weight is 285 g/mol. The van der Waals surface area contributed by atoms with Crippen LogP contribution >= 0.6 is 0 Å². The molecule has 3 rings (SSSR count). The smallest absolute Gasteiger partial charge is 0.330 e.